The standard InChI is InChI=1S/C18H24FNO2S/c1-23-18(9-10-18)16(22)20-12-17(8-2-3-15(17)21)11-13-4-6-14(19)7-5-13/h4-7,15,21H,2-3,8-12H2,1H3,(H,20,22). The third-order valence-corrected chi connectivity index (χ3v) is 6.81. The molecule has 0 saturated heterocycles. The van der Waals surface area contributed by atoms with Gasteiger partial charge in [0.1, 0.15) is 5.82 Å². The molecular formula is C18H24FNO2S. The molecule has 2 saturated carbocycles. The smallest absolute Gasteiger partial charge is 0.236 e. The lowest BCUT2D eigenvalue weighted by molar-refractivity contribution is -0.122. The molecule has 2 N–H and O–H groups in total. The fourth-order valence-corrected chi connectivity index (χ4v) is 4.43. The highest BCUT2D eigenvalue weighted by Crippen LogP contribution is 2.48. The first-order valence-corrected chi connectivity index (χ1v) is 9.48. The van der Waals surface area contributed by atoms with Gasteiger partial charge in [-0.05, 0) is 56.1 Å². The summed E-state index contributed by atoms with van der Waals surface area (Å²) >= 11 is 1.62. The van der Waals surface area contributed by atoms with Crippen molar-refractivity contribution in [1.29, 1.82) is 0 Å². The molecule has 0 radical (unpaired) electrons. The van der Waals surface area contributed by atoms with Crippen LogP contribution in [0.5, 0.6) is 0 Å². The van der Waals surface area contributed by atoms with Crippen LogP contribution in [0.15, 0.2) is 24.3 Å². The minimum Gasteiger partial charge on any atom is -0.392 e. The summed E-state index contributed by atoms with van der Waals surface area (Å²) in [6.45, 7) is 0.493. The van der Waals surface area contributed by atoms with E-state index in [9.17, 15) is 14.3 Å². The van der Waals surface area contributed by atoms with Crippen LogP contribution in [0.2, 0.25) is 0 Å². The Morgan fingerprint density at radius 3 is 2.57 bits per heavy atom. The van der Waals surface area contributed by atoms with E-state index < -0.39 is 6.10 Å². The Morgan fingerprint density at radius 2 is 2.04 bits per heavy atom. The summed E-state index contributed by atoms with van der Waals surface area (Å²) in [5, 5.41) is 13.6. The van der Waals surface area contributed by atoms with Gasteiger partial charge in [-0.25, -0.2) is 4.39 Å². The number of aliphatic hydroxyl groups is 1. The number of carbonyl (C=O) groups excluding carboxylic acids is 1. The number of hydrogen-bond donors (Lipinski definition) is 2. The molecule has 2 unspecified atom stereocenters. The summed E-state index contributed by atoms with van der Waals surface area (Å²) in [6.07, 6.45) is 6.72. The Balaban J connectivity index is 1.70. The summed E-state index contributed by atoms with van der Waals surface area (Å²) in [7, 11) is 0. The van der Waals surface area contributed by atoms with Gasteiger partial charge >= 0.3 is 0 Å². The molecule has 3 nitrogen and oxygen atoms in total. The first-order chi connectivity index (χ1) is 11.0. The molecule has 2 fully saturated rings. The first-order valence-electron chi connectivity index (χ1n) is 8.26. The van der Waals surface area contributed by atoms with Crippen molar-refractivity contribution in [3.05, 3.63) is 35.6 Å². The van der Waals surface area contributed by atoms with E-state index in [0.29, 0.717) is 13.0 Å². The average molecular weight is 337 g/mol. The quantitative estimate of drug-likeness (QED) is 0.839. The zero-order valence-corrected chi connectivity index (χ0v) is 14.3. The van der Waals surface area contributed by atoms with Gasteiger partial charge in [0.05, 0.1) is 10.9 Å². The molecule has 2 aliphatic rings. The highest BCUT2D eigenvalue weighted by atomic mass is 32.2. The van der Waals surface area contributed by atoms with Gasteiger partial charge in [0.25, 0.3) is 0 Å². The van der Waals surface area contributed by atoms with Crippen molar-refractivity contribution >= 4 is 17.7 Å². The summed E-state index contributed by atoms with van der Waals surface area (Å²) < 4.78 is 12.9. The van der Waals surface area contributed by atoms with Crippen LogP contribution in [0, 0.1) is 11.2 Å². The van der Waals surface area contributed by atoms with E-state index in [2.05, 4.69) is 5.32 Å². The molecule has 0 bridgehead atoms. The Labute approximate surface area is 141 Å². The number of rotatable bonds is 6. The molecule has 2 atom stereocenters. The van der Waals surface area contributed by atoms with Crippen molar-refractivity contribution in [2.24, 2.45) is 5.41 Å². The van der Waals surface area contributed by atoms with E-state index >= 15 is 0 Å². The highest BCUT2D eigenvalue weighted by molar-refractivity contribution is 8.01. The lowest BCUT2D eigenvalue weighted by atomic mass is 9.78. The second kappa shape index (κ2) is 6.44. The first kappa shape index (κ1) is 16.8. The fourth-order valence-electron chi connectivity index (χ4n) is 3.66. The second-order valence-corrected chi connectivity index (χ2v) is 8.14. The summed E-state index contributed by atoms with van der Waals surface area (Å²) in [5.74, 6) is -0.152. The van der Waals surface area contributed by atoms with Crippen LogP contribution < -0.4 is 5.32 Å². The molecular weight excluding hydrogens is 313 g/mol. The fraction of sp³-hybridized carbons (Fsp3) is 0.611. The molecule has 1 aromatic carbocycles. The van der Waals surface area contributed by atoms with Crippen molar-refractivity contribution in [3.8, 4) is 0 Å². The maximum atomic E-state index is 13.1. The second-order valence-electron chi connectivity index (χ2n) is 6.95. The van der Waals surface area contributed by atoms with Crippen molar-refractivity contribution in [1.82, 2.24) is 5.32 Å². The topological polar surface area (TPSA) is 49.3 Å². The molecule has 1 amide bonds. The monoisotopic (exact) mass is 337 g/mol. The van der Waals surface area contributed by atoms with Gasteiger partial charge in [-0.15, -0.1) is 11.8 Å². The molecule has 2 aliphatic carbocycles. The van der Waals surface area contributed by atoms with Crippen LogP contribution in [0.1, 0.15) is 37.7 Å². The SMILES string of the molecule is CSC1(C(=O)NCC2(Cc3ccc(F)cc3)CCCC2O)CC1. The third-order valence-electron chi connectivity index (χ3n) is 5.44. The largest absolute Gasteiger partial charge is 0.392 e. The molecule has 1 aromatic rings. The van der Waals surface area contributed by atoms with E-state index in [-0.39, 0.29) is 21.9 Å². The van der Waals surface area contributed by atoms with E-state index in [1.807, 2.05) is 6.26 Å². The van der Waals surface area contributed by atoms with Gasteiger partial charge in [0.15, 0.2) is 0 Å². The summed E-state index contributed by atoms with van der Waals surface area (Å²) in [4.78, 5) is 12.4. The van der Waals surface area contributed by atoms with Crippen LogP contribution >= 0.6 is 11.8 Å². The number of nitrogens with one attached hydrogen (secondary N) is 1. The zero-order valence-electron chi connectivity index (χ0n) is 13.5. The number of amides is 1. The van der Waals surface area contributed by atoms with Gasteiger partial charge in [0.2, 0.25) is 5.91 Å². The Kier molecular flexibility index (Phi) is 4.70. The normalized spacial score (nSPS) is 28.6. The predicted molar refractivity (Wildman–Crippen MR) is 90.9 cm³/mol. The third kappa shape index (κ3) is 3.41. The summed E-state index contributed by atoms with van der Waals surface area (Å²) in [5.41, 5.74) is 0.676. The van der Waals surface area contributed by atoms with Gasteiger partial charge in [-0.1, -0.05) is 18.6 Å². The number of benzene rings is 1. The summed E-state index contributed by atoms with van der Waals surface area (Å²) in [6, 6.07) is 6.45. The lowest BCUT2D eigenvalue weighted by Crippen LogP contribution is -2.46. The number of carbonyl (C=O) groups is 1. The van der Waals surface area contributed by atoms with Crippen LogP contribution in [0.25, 0.3) is 0 Å². The van der Waals surface area contributed by atoms with E-state index in [1.165, 1.54) is 12.1 Å². The lowest BCUT2D eigenvalue weighted by Gasteiger charge is -2.34. The van der Waals surface area contributed by atoms with Gasteiger partial charge < -0.3 is 10.4 Å². The van der Waals surface area contributed by atoms with Crippen LogP contribution in [0.3, 0.4) is 0 Å². The zero-order chi connectivity index (χ0) is 16.5. The van der Waals surface area contributed by atoms with Crippen molar-refractivity contribution in [2.45, 2.75) is 49.4 Å². The minimum atomic E-state index is -0.419. The van der Waals surface area contributed by atoms with Crippen molar-refractivity contribution in [2.75, 3.05) is 12.8 Å². The van der Waals surface area contributed by atoms with Gasteiger partial charge in [-0.3, -0.25) is 4.79 Å². The van der Waals surface area contributed by atoms with Crippen molar-refractivity contribution in [3.63, 3.8) is 0 Å². The van der Waals surface area contributed by atoms with E-state index in [0.717, 1.165) is 37.7 Å². The Bertz CT molecular complexity index is 573. The predicted octanol–water partition coefficient (Wildman–Crippen LogP) is 2.91. The average Bonchev–Trinajstić information content (AvgIpc) is 3.28. The van der Waals surface area contributed by atoms with Crippen molar-refractivity contribution < 1.29 is 14.3 Å². The number of halogens is 1. The number of thioether (sulfide) groups is 1. The minimum absolute atomic E-state index is 0.0996. The molecule has 5 heteroatoms. The molecule has 0 aliphatic heterocycles. The molecule has 0 heterocycles. The van der Waals surface area contributed by atoms with Crippen LogP contribution in [0.4, 0.5) is 4.39 Å². The molecule has 3 rings (SSSR count). The molecule has 0 spiro atoms. The van der Waals surface area contributed by atoms with Crippen LogP contribution in [-0.4, -0.2) is 34.7 Å². The number of hydrogen-bond acceptors (Lipinski definition) is 3. The Hall–Kier alpha value is -1.07. The van der Waals surface area contributed by atoms with E-state index in [4.69, 9.17) is 0 Å². The molecule has 126 valence electrons. The number of aliphatic hydroxyl groups excluding tert-OH is 1. The Morgan fingerprint density at radius 1 is 1.35 bits per heavy atom. The van der Waals surface area contributed by atoms with Gasteiger partial charge in [0, 0.05) is 12.0 Å². The molecule has 0 aromatic heterocycles. The maximum Gasteiger partial charge on any atom is 0.236 e. The maximum absolute atomic E-state index is 13.1. The van der Waals surface area contributed by atoms with Gasteiger partial charge in [-0.2, -0.15) is 0 Å². The highest BCUT2D eigenvalue weighted by Gasteiger charge is 2.50. The van der Waals surface area contributed by atoms with E-state index in [1.54, 1.807) is 23.9 Å². The molecule has 23 heavy (non-hydrogen) atoms. The van der Waals surface area contributed by atoms with Crippen LogP contribution in [-0.2, 0) is 11.2 Å².